The molecule has 1 atom stereocenters. The van der Waals surface area contributed by atoms with E-state index in [0.717, 1.165) is 21.7 Å². The van der Waals surface area contributed by atoms with Gasteiger partial charge in [-0.25, -0.2) is 0 Å². The van der Waals surface area contributed by atoms with Gasteiger partial charge in [0.2, 0.25) is 0 Å². The molecule has 84 valence electrons. The van der Waals surface area contributed by atoms with Crippen LogP contribution < -0.4 is 5.73 Å². The number of halogens is 1. The van der Waals surface area contributed by atoms with E-state index in [0.29, 0.717) is 0 Å². The predicted molar refractivity (Wildman–Crippen MR) is 66.3 cm³/mol. The van der Waals surface area contributed by atoms with Crippen LogP contribution in [0.4, 0.5) is 0 Å². The fourth-order valence-electron chi connectivity index (χ4n) is 1.61. The van der Waals surface area contributed by atoms with Crippen LogP contribution in [0.1, 0.15) is 18.5 Å². The first-order valence-corrected chi connectivity index (χ1v) is 5.50. The summed E-state index contributed by atoms with van der Waals surface area (Å²) in [4.78, 5) is 0. The summed E-state index contributed by atoms with van der Waals surface area (Å²) in [6.45, 7) is 1.95. The Balaban J connectivity index is 2.51. The molecule has 0 radical (unpaired) electrons. The Morgan fingerprint density at radius 1 is 1.44 bits per heavy atom. The summed E-state index contributed by atoms with van der Waals surface area (Å²) in [7, 11) is 1.88. The lowest BCUT2D eigenvalue weighted by molar-refractivity contribution is 0.768. The molecule has 3 nitrogen and oxygen atoms in total. The number of aryl methyl sites for hydroxylation is 1. The highest BCUT2D eigenvalue weighted by atomic mass is 35.5. The van der Waals surface area contributed by atoms with Gasteiger partial charge in [-0.1, -0.05) is 17.7 Å². The fourth-order valence-corrected chi connectivity index (χ4v) is 1.83. The standard InChI is InChI=1S/C12H14ClN3/c1-8(14)9-3-4-12(13)11(5-9)10-6-15-16(2)7-10/h3-8H,14H2,1-2H3. The van der Waals surface area contributed by atoms with Crippen molar-refractivity contribution in [2.45, 2.75) is 13.0 Å². The molecule has 2 aromatic rings. The van der Waals surface area contributed by atoms with Gasteiger partial charge in [-0.15, -0.1) is 0 Å². The maximum absolute atomic E-state index is 6.17. The first kappa shape index (κ1) is 11.2. The average molecular weight is 236 g/mol. The summed E-state index contributed by atoms with van der Waals surface area (Å²) in [5.41, 5.74) is 8.91. The molecule has 0 saturated heterocycles. The summed E-state index contributed by atoms with van der Waals surface area (Å²) < 4.78 is 1.75. The van der Waals surface area contributed by atoms with Crippen LogP contribution in [0.15, 0.2) is 30.6 Å². The average Bonchev–Trinajstić information content (AvgIpc) is 2.65. The minimum atomic E-state index is 0.00712. The van der Waals surface area contributed by atoms with E-state index >= 15 is 0 Å². The number of nitrogens with zero attached hydrogens (tertiary/aromatic N) is 2. The second kappa shape index (κ2) is 4.28. The molecule has 0 bridgehead atoms. The number of hydrogen-bond acceptors (Lipinski definition) is 2. The summed E-state index contributed by atoms with van der Waals surface area (Å²) in [6.07, 6.45) is 3.73. The lowest BCUT2D eigenvalue weighted by atomic mass is 10.0. The molecular weight excluding hydrogens is 222 g/mol. The van der Waals surface area contributed by atoms with Crippen LogP contribution in [-0.2, 0) is 7.05 Å². The van der Waals surface area contributed by atoms with Crippen molar-refractivity contribution in [1.82, 2.24) is 9.78 Å². The minimum absolute atomic E-state index is 0.00712. The molecule has 1 aromatic carbocycles. The number of nitrogens with two attached hydrogens (primary N) is 1. The molecule has 0 saturated carbocycles. The third-order valence-electron chi connectivity index (χ3n) is 2.53. The molecule has 2 N–H and O–H groups in total. The Hall–Kier alpha value is -1.32. The van der Waals surface area contributed by atoms with Gasteiger partial charge in [0.1, 0.15) is 0 Å². The second-order valence-corrected chi connectivity index (χ2v) is 4.34. The fraction of sp³-hybridized carbons (Fsp3) is 0.250. The highest BCUT2D eigenvalue weighted by Gasteiger charge is 2.08. The van der Waals surface area contributed by atoms with E-state index in [1.54, 1.807) is 10.9 Å². The summed E-state index contributed by atoms with van der Waals surface area (Å²) in [5, 5.41) is 4.86. The Kier molecular flexibility index (Phi) is 2.99. The van der Waals surface area contributed by atoms with Gasteiger partial charge in [0.15, 0.2) is 0 Å². The molecule has 0 aliphatic heterocycles. The normalized spacial score (nSPS) is 12.8. The van der Waals surface area contributed by atoms with E-state index in [-0.39, 0.29) is 6.04 Å². The summed E-state index contributed by atoms with van der Waals surface area (Å²) in [5.74, 6) is 0. The van der Waals surface area contributed by atoms with Gasteiger partial charge in [-0.05, 0) is 24.6 Å². The minimum Gasteiger partial charge on any atom is -0.324 e. The van der Waals surface area contributed by atoms with Crippen molar-refractivity contribution in [2.75, 3.05) is 0 Å². The van der Waals surface area contributed by atoms with Crippen molar-refractivity contribution in [3.63, 3.8) is 0 Å². The van der Waals surface area contributed by atoms with E-state index < -0.39 is 0 Å². The smallest absolute Gasteiger partial charge is 0.0568 e. The lowest BCUT2D eigenvalue weighted by Crippen LogP contribution is -2.04. The molecular formula is C12H14ClN3. The molecule has 1 unspecified atom stereocenters. The molecule has 0 fully saturated rings. The number of benzene rings is 1. The van der Waals surface area contributed by atoms with Crippen LogP contribution in [0.5, 0.6) is 0 Å². The van der Waals surface area contributed by atoms with E-state index in [4.69, 9.17) is 17.3 Å². The van der Waals surface area contributed by atoms with Crippen molar-refractivity contribution in [1.29, 1.82) is 0 Å². The second-order valence-electron chi connectivity index (χ2n) is 3.93. The Labute approximate surface area is 99.8 Å². The van der Waals surface area contributed by atoms with E-state index in [1.165, 1.54) is 0 Å². The molecule has 2 rings (SSSR count). The molecule has 16 heavy (non-hydrogen) atoms. The number of rotatable bonds is 2. The quantitative estimate of drug-likeness (QED) is 0.870. The zero-order valence-corrected chi connectivity index (χ0v) is 10.1. The van der Waals surface area contributed by atoms with Crippen LogP contribution in [0.3, 0.4) is 0 Å². The van der Waals surface area contributed by atoms with Crippen molar-refractivity contribution >= 4 is 11.6 Å². The largest absolute Gasteiger partial charge is 0.324 e. The van der Waals surface area contributed by atoms with Gasteiger partial charge in [0.05, 0.1) is 6.20 Å². The van der Waals surface area contributed by atoms with Crippen LogP contribution in [0.25, 0.3) is 11.1 Å². The lowest BCUT2D eigenvalue weighted by Gasteiger charge is -2.08. The zero-order valence-electron chi connectivity index (χ0n) is 9.31. The van der Waals surface area contributed by atoms with Crippen molar-refractivity contribution < 1.29 is 0 Å². The third-order valence-corrected chi connectivity index (χ3v) is 2.86. The topological polar surface area (TPSA) is 43.8 Å². The SMILES string of the molecule is CC(N)c1ccc(Cl)c(-c2cnn(C)c2)c1. The molecule has 1 heterocycles. The van der Waals surface area contributed by atoms with Crippen LogP contribution in [0, 0.1) is 0 Å². The maximum Gasteiger partial charge on any atom is 0.0568 e. The van der Waals surface area contributed by atoms with Crippen molar-refractivity contribution in [3.05, 3.63) is 41.2 Å². The Bertz CT molecular complexity index is 503. The highest BCUT2D eigenvalue weighted by Crippen LogP contribution is 2.29. The van der Waals surface area contributed by atoms with Gasteiger partial charge in [0, 0.05) is 35.4 Å². The summed E-state index contributed by atoms with van der Waals surface area (Å²) in [6, 6.07) is 5.85. The molecule has 4 heteroatoms. The molecule has 0 amide bonds. The first-order valence-electron chi connectivity index (χ1n) is 5.12. The van der Waals surface area contributed by atoms with Crippen LogP contribution in [-0.4, -0.2) is 9.78 Å². The number of aromatic nitrogens is 2. The van der Waals surface area contributed by atoms with Gasteiger partial charge in [0.25, 0.3) is 0 Å². The highest BCUT2D eigenvalue weighted by molar-refractivity contribution is 6.33. The van der Waals surface area contributed by atoms with Gasteiger partial charge < -0.3 is 5.73 Å². The summed E-state index contributed by atoms with van der Waals surface area (Å²) >= 11 is 6.17. The maximum atomic E-state index is 6.17. The number of hydrogen-bond donors (Lipinski definition) is 1. The predicted octanol–water partition coefficient (Wildman–Crippen LogP) is 2.76. The molecule has 0 spiro atoms. The van der Waals surface area contributed by atoms with Gasteiger partial charge >= 0.3 is 0 Å². The molecule has 0 aliphatic carbocycles. The zero-order chi connectivity index (χ0) is 11.7. The van der Waals surface area contributed by atoms with Crippen LogP contribution in [0.2, 0.25) is 5.02 Å². The van der Waals surface area contributed by atoms with Crippen LogP contribution >= 0.6 is 11.6 Å². The monoisotopic (exact) mass is 235 g/mol. The molecule has 1 aromatic heterocycles. The van der Waals surface area contributed by atoms with Gasteiger partial charge in [-0.2, -0.15) is 5.10 Å². The third kappa shape index (κ3) is 2.10. The van der Waals surface area contributed by atoms with Gasteiger partial charge in [-0.3, -0.25) is 4.68 Å². The Morgan fingerprint density at radius 2 is 2.19 bits per heavy atom. The van der Waals surface area contributed by atoms with E-state index in [2.05, 4.69) is 5.10 Å². The first-order chi connectivity index (χ1) is 7.58. The molecule has 0 aliphatic rings. The van der Waals surface area contributed by atoms with Crippen molar-refractivity contribution in [2.24, 2.45) is 12.8 Å². The Morgan fingerprint density at radius 3 is 2.75 bits per heavy atom. The van der Waals surface area contributed by atoms with E-state index in [9.17, 15) is 0 Å². The van der Waals surface area contributed by atoms with E-state index in [1.807, 2.05) is 38.4 Å². The van der Waals surface area contributed by atoms with Crippen molar-refractivity contribution in [3.8, 4) is 11.1 Å².